The van der Waals surface area contributed by atoms with Gasteiger partial charge in [0.25, 0.3) is 0 Å². The molecule has 2 heterocycles. The summed E-state index contributed by atoms with van der Waals surface area (Å²) in [6.07, 6.45) is 6.54. The van der Waals surface area contributed by atoms with Crippen LogP contribution >= 0.6 is 0 Å². The molecule has 0 bridgehead atoms. The minimum atomic E-state index is -0.302. The minimum absolute atomic E-state index is 0.274. The molecule has 24 heavy (non-hydrogen) atoms. The second-order valence-electron chi connectivity index (χ2n) is 5.13. The van der Waals surface area contributed by atoms with Crippen LogP contribution in [0.3, 0.4) is 0 Å². The first-order valence-electron chi connectivity index (χ1n) is 7.52. The van der Waals surface area contributed by atoms with E-state index in [2.05, 4.69) is 0 Å². The number of fused-ring (bicyclic) bond motifs is 1. The predicted octanol–water partition coefficient (Wildman–Crippen LogP) is 4.46. The molecular formula is C20H16O4. The van der Waals surface area contributed by atoms with Crippen molar-refractivity contribution < 1.29 is 14.3 Å². The number of hydrogen-bond acceptors (Lipinski definition) is 4. The first-order valence-corrected chi connectivity index (χ1v) is 7.52. The lowest BCUT2D eigenvalue weighted by molar-refractivity contribution is 0.427. The van der Waals surface area contributed by atoms with Crippen LogP contribution in [0.15, 0.2) is 88.3 Å². The molecule has 0 fully saturated rings. The molecule has 0 saturated heterocycles. The van der Waals surface area contributed by atoms with Crippen LogP contribution in [0.4, 0.5) is 0 Å². The summed E-state index contributed by atoms with van der Waals surface area (Å²) in [5, 5.41) is 10.0. The van der Waals surface area contributed by atoms with Crippen LogP contribution in [-0.4, -0.2) is 5.11 Å². The fourth-order valence-electron chi connectivity index (χ4n) is 2.22. The van der Waals surface area contributed by atoms with Gasteiger partial charge in [-0.1, -0.05) is 18.2 Å². The van der Waals surface area contributed by atoms with E-state index in [-0.39, 0.29) is 11.4 Å². The highest BCUT2D eigenvalue weighted by Crippen LogP contribution is 2.21. The molecule has 1 aromatic heterocycles. The highest BCUT2D eigenvalue weighted by Gasteiger charge is 2.03. The van der Waals surface area contributed by atoms with Gasteiger partial charge in [0.2, 0.25) is 0 Å². The Morgan fingerprint density at radius 3 is 2.46 bits per heavy atom. The van der Waals surface area contributed by atoms with Gasteiger partial charge in [-0.15, -0.1) is 0 Å². The molecular weight excluding hydrogens is 304 g/mol. The molecule has 0 unspecified atom stereocenters. The number of benzene rings is 2. The zero-order valence-corrected chi connectivity index (χ0v) is 12.9. The van der Waals surface area contributed by atoms with Gasteiger partial charge >= 0.3 is 5.63 Å². The summed E-state index contributed by atoms with van der Waals surface area (Å²) in [6, 6.07) is 17.6. The summed E-state index contributed by atoms with van der Waals surface area (Å²) >= 11 is 0. The zero-order valence-electron chi connectivity index (χ0n) is 12.9. The maximum Gasteiger partial charge on any atom is 0.336 e. The van der Waals surface area contributed by atoms with Crippen molar-refractivity contribution in [1.82, 2.24) is 0 Å². The Bertz CT molecular complexity index is 934. The highest BCUT2D eigenvalue weighted by atomic mass is 16.5. The van der Waals surface area contributed by atoms with E-state index in [1.54, 1.807) is 30.5 Å². The molecule has 1 aliphatic rings. The Labute approximate surface area is 138 Å². The Hall–Kier alpha value is -3.27. The third-order valence-corrected chi connectivity index (χ3v) is 3.41. The summed E-state index contributed by atoms with van der Waals surface area (Å²) in [5.41, 5.74) is 1.32. The molecule has 0 spiro atoms. The molecule has 0 aliphatic carbocycles. The van der Waals surface area contributed by atoms with E-state index < -0.39 is 0 Å². The third kappa shape index (κ3) is 3.93. The average Bonchev–Trinajstić information content (AvgIpc) is 2.63. The number of allylic oxidation sites excluding steroid dienone is 2. The van der Waals surface area contributed by atoms with Crippen LogP contribution in [-0.2, 0) is 4.74 Å². The van der Waals surface area contributed by atoms with Gasteiger partial charge in [-0.2, -0.15) is 0 Å². The maximum atomic E-state index is 10.7. The van der Waals surface area contributed by atoms with Gasteiger partial charge in [-0.3, -0.25) is 0 Å². The van der Waals surface area contributed by atoms with Crippen LogP contribution < -0.4 is 5.63 Å². The SMILES string of the molecule is O=c1ccc2ccccc2o1.Oc1ccc(C2=CCC=CO2)cc1. The van der Waals surface area contributed by atoms with Crippen LogP contribution in [0.25, 0.3) is 16.7 Å². The lowest BCUT2D eigenvalue weighted by Crippen LogP contribution is -1.93. The minimum Gasteiger partial charge on any atom is -0.508 e. The lowest BCUT2D eigenvalue weighted by atomic mass is 10.1. The zero-order chi connectivity index (χ0) is 16.8. The molecule has 1 N–H and O–H groups in total. The summed E-state index contributed by atoms with van der Waals surface area (Å²) < 4.78 is 10.2. The highest BCUT2D eigenvalue weighted by molar-refractivity contribution is 5.75. The number of aromatic hydroxyl groups is 1. The molecule has 0 atom stereocenters. The Balaban J connectivity index is 0.000000143. The van der Waals surface area contributed by atoms with Crippen molar-refractivity contribution in [2.24, 2.45) is 0 Å². The fourth-order valence-corrected chi connectivity index (χ4v) is 2.22. The second-order valence-corrected chi connectivity index (χ2v) is 5.13. The summed E-state index contributed by atoms with van der Waals surface area (Å²) in [5.74, 6) is 1.12. The quantitative estimate of drug-likeness (QED) is 0.673. The molecule has 4 nitrogen and oxygen atoms in total. The number of para-hydroxylation sites is 1. The molecule has 120 valence electrons. The van der Waals surface area contributed by atoms with Crippen molar-refractivity contribution in [3.63, 3.8) is 0 Å². The van der Waals surface area contributed by atoms with Crippen molar-refractivity contribution in [2.75, 3.05) is 0 Å². The van der Waals surface area contributed by atoms with Crippen LogP contribution in [0.2, 0.25) is 0 Å². The summed E-state index contributed by atoms with van der Waals surface area (Å²) in [4.78, 5) is 10.7. The van der Waals surface area contributed by atoms with E-state index in [9.17, 15) is 4.79 Å². The molecule has 4 heteroatoms. The average molecular weight is 320 g/mol. The van der Waals surface area contributed by atoms with Crippen molar-refractivity contribution >= 4 is 16.7 Å². The van der Waals surface area contributed by atoms with E-state index in [1.807, 2.05) is 42.5 Å². The van der Waals surface area contributed by atoms with Crippen LogP contribution in [0.5, 0.6) is 5.75 Å². The Morgan fingerprint density at radius 1 is 0.917 bits per heavy atom. The Morgan fingerprint density at radius 2 is 1.71 bits per heavy atom. The maximum absolute atomic E-state index is 10.7. The van der Waals surface area contributed by atoms with Gasteiger partial charge in [0.1, 0.15) is 17.1 Å². The third-order valence-electron chi connectivity index (χ3n) is 3.41. The normalized spacial score (nSPS) is 12.8. The van der Waals surface area contributed by atoms with Gasteiger partial charge in [0.05, 0.1) is 6.26 Å². The number of phenols is 1. The fraction of sp³-hybridized carbons (Fsp3) is 0.0500. The summed E-state index contributed by atoms with van der Waals surface area (Å²) in [7, 11) is 0. The van der Waals surface area contributed by atoms with Gasteiger partial charge in [0.15, 0.2) is 0 Å². The summed E-state index contributed by atoms with van der Waals surface area (Å²) in [6.45, 7) is 0. The number of hydrogen-bond donors (Lipinski definition) is 1. The van der Waals surface area contributed by atoms with Gasteiger partial charge in [0, 0.05) is 17.0 Å². The first-order chi connectivity index (χ1) is 11.7. The second kappa shape index (κ2) is 7.33. The molecule has 0 amide bonds. The van der Waals surface area contributed by atoms with Crippen molar-refractivity contribution in [2.45, 2.75) is 6.42 Å². The van der Waals surface area contributed by atoms with Crippen molar-refractivity contribution in [1.29, 1.82) is 0 Å². The molecule has 0 saturated carbocycles. The molecule has 1 aliphatic heterocycles. The van der Waals surface area contributed by atoms with Crippen LogP contribution in [0, 0.1) is 0 Å². The molecule has 2 aromatic carbocycles. The van der Waals surface area contributed by atoms with Crippen molar-refractivity contribution in [3.05, 3.63) is 95.1 Å². The van der Waals surface area contributed by atoms with Crippen LogP contribution in [0.1, 0.15) is 12.0 Å². The lowest BCUT2D eigenvalue weighted by Gasteiger charge is -2.09. The van der Waals surface area contributed by atoms with Gasteiger partial charge < -0.3 is 14.3 Å². The number of phenolic OH excluding ortho intramolecular Hbond substituents is 1. The monoisotopic (exact) mass is 320 g/mol. The molecule has 4 rings (SSSR count). The van der Waals surface area contributed by atoms with Crippen molar-refractivity contribution in [3.8, 4) is 5.75 Å². The first kappa shape index (κ1) is 15.6. The standard InChI is InChI=1S/C11H10O2.C9H6O2/c12-10-6-4-9(5-7-10)11-3-1-2-8-13-11;10-9-6-5-7-3-1-2-4-8(7)11-9/h2-8,12H,1H2;1-6H. The molecule has 0 radical (unpaired) electrons. The predicted molar refractivity (Wildman–Crippen MR) is 93.4 cm³/mol. The van der Waals surface area contributed by atoms with E-state index in [0.717, 1.165) is 23.1 Å². The Kier molecular flexibility index (Phi) is 4.77. The topological polar surface area (TPSA) is 59.7 Å². The van der Waals surface area contributed by atoms with Gasteiger partial charge in [-0.25, -0.2) is 4.79 Å². The largest absolute Gasteiger partial charge is 0.508 e. The number of rotatable bonds is 1. The van der Waals surface area contributed by atoms with E-state index in [4.69, 9.17) is 14.3 Å². The van der Waals surface area contributed by atoms with Gasteiger partial charge in [-0.05, 0) is 55.0 Å². The smallest absolute Gasteiger partial charge is 0.336 e. The van der Waals surface area contributed by atoms with E-state index in [0.29, 0.717) is 5.58 Å². The van der Waals surface area contributed by atoms with E-state index >= 15 is 0 Å². The van der Waals surface area contributed by atoms with E-state index in [1.165, 1.54) is 6.07 Å². The molecule has 3 aromatic rings. The number of ether oxygens (including phenoxy) is 1.